The number of aliphatic hydroxyl groups excluding tert-OH is 1. The number of furan rings is 1. The van der Waals surface area contributed by atoms with Crippen molar-refractivity contribution in [2.75, 3.05) is 31.7 Å². The maximum Gasteiger partial charge on any atom is 0.255 e. The maximum absolute atomic E-state index is 14.7. The second-order valence-electron chi connectivity index (χ2n) is 10.8. The highest BCUT2D eigenvalue weighted by Crippen LogP contribution is 2.39. The van der Waals surface area contributed by atoms with E-state index >= 15 is 0 Å². The van der Waals surface area contributed by atoms with E-state index < -0.39 is 33.8 Å². The number of benzene rings is 3. The number of aryl methyl sites for hydroxylation is 1. The van der Waals surface area contributed by atoms with Crippen LogP contribution in [-0.2, 0) is 17.1 Å². The molecule has 10 nitrogen and oxygen atoms in total. The molecular weight excluding hydrogens is 604 g/mol. The van der Waals surface area contributed by atoms with Crippen molar-refractivity contribution < 1.29 is 31.5 Å². The first kappa shape index (κ1) is 30.0. The van der Waals surface area contributed by atoms with Gasteiger partial charge >= 0.3 is 0 Å². The molecule has 45 heavy (non-hydrogen) atoms. The van der Waals surface area contributed by atoms with Gasteiger partial charge in [0, 0.05) is 67.4 Å². The van der Waals surface area contributed by atoms with Crippen LogP contribution in [-0.4, -0.2) is 68.3 Å². The molecule has 0 fully saturated rings. The summed E-state index contributed by atoms with van der Waals surface area (Å²) in [6.07, 6.45) is 1.45. The molecule has 1 atom stereocenters. The fourth-order valence-electron chi connectivity index (χ4n) is 5.55. The smallest absolute Gasteiger partial charge is 0.255 e. The topological polar surface area (TPSA) is 120 Å². The molecule has 13 heteroatoms. The number of nitrogens with one attached hydrogen (secondary N) is 1. The van der Waals surface area contributed by atoms with Crippen LogP contribution < -0.4 is 9.62 Å². The van der Waals surface area contributed by atoms with Crippen molar-refractivity contribution in [3.8, 4) is 11.3 Å². The van der Waals surface area contributed by atoms with Gasteiger partial charge in [-0.3, -0.25) is 14.1 Å². The van der Waals surface area contributed by atoms with Gasteiger partial charge in [0.05, 0.1) is 28.7 Å². The second kappa shape index (κ2) is 10.9. The Labute approximate surface area is 257 Å². The molecule has 6 rings (SSSR count). The molecule has 0 spiro atoms. The Hall–Kier alpha value is -5.01. The number of carbonyl (C=O) groups is 1. The third-order valence-electron chi connectivity index (χ3n) is 8.00. The van der Waals surface area contributed by atoms with E-state index in [1.165, 1.54) is 55.5 Å². The van der Waals surface area contributed by atoms with Crippen LogP contribution in [0.1, 0.15) is 21.6 Å². The number of carbonyl (C=O) groups excluding carboxylic acids is 1. The van der Waals surface area contributed by atoms with E-state index in [2.05, 4.69) is 10.4 Å². The molecule has 1 amide bonds. The maximum atomic E-state index is 14.7. The quantitative estimate of drug-likeness (QED) is 0.280. The minimum absolute atomic E-state index is 0.159. The first-order chi connectivity index (χ1) is 21.3. The number of aromatic nitrogens is 1. The van der Waals surface area contributed by atoms with Crippen LogP contribution >= 0.6 is 0 Å². The summed E-state index contributed by atoms with van der Waals surface area (Å²) in [4.78, 5) is 13.2. The minimum Gasteiger partial charge on any atom is -0.455 e. The van der Waals surface area contributed by atoms with Gasteiger partial charge in [-0.05, 0) is 54.6 Å². The van der Waals surface area contributed by atoms with Gasteiger partial charge in [-0.25, -0.2) is 17.2 Å². The normalized spacial score (nSPS) is 15.4. The van der Waals surface area contributed by atoms with Gasteiger partial charge in [-0.15, -0.1) is 0 Å². The molecular formula is C32H29F2N5O5S. The lowest BCUT2D eigenvalue weighted by Crippen LogP contribution is -2.34. The predicted molar refractivity (Wildman–Crippen MR) is 169 cm³/mol. The van der Waals surface area contributed by atoms with E-state index in [0.29, 0.717) is 38.7 Å². The van der Waals surface area contributed by atoms with E-state index in [-0.39, 0.29) is 28.3 Å². The van der Waals surface area contributed by atoms with E-state index in [1.807, 2.05) is 0 Å². The summed E-state index contributed by atoms with van der Waals surface area (Å²) < 4.78 is 63.0. The van der Waals surface area contributed by atoms with Crippen molar-refractivity contribution in [3.63, 3.8) is 0 Å². The molecule has 1 aliphatic rings. The average molecular weight is 634 g/mol. The first-order valence-corrected chi connectivity index (χ1v) is 15.6. The SMILES string of the molecule is CNC(=O)c1c(-c2ccc(F)cc2)oc2cc(N(C)S(C)(=O)=O)c(C3=NN(C)C(O)C(c4cc5c(F)cccc5n4C)=C3)cc12. The molecule has 232 valence electrons. The highest BCUT2D eigenvalue weighted by Gasteiger charge is 2.30. The molecule has 0 bridgehead atoms. The van der Waals surface area contributed by atoms with Crippen LogP contribution in [0.15, 0.2) is 76.3 Å². The molecule has 2 aromatic heterocycles. The summed E-state index contributed by atoms with van der Waals surface area (Å²) in [6, 6.07) is 14.9. The van der Waals surface area contributed by atoms with Crippen LogP contribution in [0.4, 0.5) is 14.5 Å². The van der Waals surface area contributed by atoms with Crippen LogP contribution in [0.5, 0.6) is 0 Å². The third-order valence-corrected chi connectivity index (χ3v) is 9.19. The summed E-state index contributed by atoms with van der Waals surface area (Å²) >= 11 is 0. The highest BCUT2D eigenvalue weighted by atomic mass is 32.2. The lowest BCUT2D eigenvalue weighted by Gasteiger charge is -2.29. The number of aliphatic hydroxyl groups is 1. The number of hydrazone groups is 1. The molecule has 1 aliphatic heterocycles. The zero-order valence-electron chi connectivity index (χ0n) is 25.0. The Morgan fingerprint density at radius 1 is 1.07 bits per heavy atom. The summed E-state index contributed by atoms with van der Waals surface area (Å²) in [5.74, 6) is -1.19. The number of hydrogen-bond acceptors (Lipinski definition) is 7. The third kappa shape index (κ3) is 5.03. The molecule has 0 aliphatic carbocycles. The zero-order chi connectivity index (χ0) is 32.4. The van der Waals surface area contributed by atoms with Crippen molar-refractivity contribution in [2.24, 2.45) is 12.1 Å². The van der Waals surface area contributed by atoms with Crippen LogP contribution in [0, 0.1) is 11.6 Å². The van der Waals surface area contributed by atoms with Crippen molar-refractivity contribution in [1.29, 1.82) is 0 Å². The molecule has 5 aromatic rings. The van der Waals surface area contributed by atoms with Gasteiger partial charge < -0.3 is 19.4 Å². The summed E-state index contributed by atoms with van der Waals surface area (Å²) in [6.45, 7) is 0. The van der Waals surface area contributed by atoms with E-state index in [1.54, 1.807) is 49.0 Å². The first-order valence-electron chi connectivity index (χ1n) is 13.8. The largest absolute Gasteiger partial charge is 0.455 e. The van der Waals surface area contributed by atoms with Crippen molar-refractivity contribution in [1.82, 2.24) is 14.9 Å². The fraction of sp³-hybridized carbons (Fsp3) is 0.188. The van der Waals surface area contributed by atoms with Gasteiger partial charge in [-0.1, -0.05) is 6.07 Å². The van der Waals surface area contributed by atoms with Crippen molar-refractivity contribution in [3.05, 3.63) is 95.2 Å². The van der Waals surface area contributed by atoms with Gasteiger partial charge in [0.15, 0.2) is 6.23 Å². The molecule has 2 N–H and O–H groups in total. The highest BCUT2D eigenvalue weighted by molar-refractivity contribution is 7.92. The Morgan fingerprint density at radius 3 is 2.42 bits per heavy atom. The number of sulfonamides is 1. The molecule has 3 heterocycles. The number of hydrogen-bond donors (Lipinski definition) is 2. The Morgan fingerprint density at radius 2 is 1.78 bits per heavy atom. The fourth-order valence-corrected chi connectivity index (χ4v) is 6.06. The standard InChI is InChI=1S/C32H29F2N5O5S/c1-35-31(40)29-22-13-20(27(39(4)45(5,42)43)16-28(22)44-30(29)17-9-11-18(33)12-10-17)24-14-21(32(41)38(3)36-24)26-15-19-23(34)7-6-8-25(19)37(26)2/h6-16,32,41H,1-5H3,(H,35,40). The predicted octanol–water partition coefficient (Wildman–Crippen LogP) is 4.68. The number of rotatable bonds is 6. The zero-order valence-corrected chi connectivity index (χ0v) is 25.8. The number of amides is 1. The Balaban J connectivity index is 1.63. The van der Waals surface area contributed by atoms with Crippen molar-refractivity contribution >= 4 is 54.8 Å². The Kier molecular flexibility index (Phi) is 7.25. The number of likely N-dealkylation sites (N-methyl/N-ethyl adjacent to an activating group) is 1. The number of allylic oxidation sites excluding steroid dienone is 1. The van der Waals surface area contributed by atoms with Crippen LogP contribution in [0.3, 0.4) is 0 Å². The number of anilines is 1. The Bertz CT molecular complexity index is 2190. The molecule has 0 radical (unpaired) electrons. The summed E-state index contributed by atoms with van der Waals surface area (Å²) in [5, 5.41) is 20.4. The monoisotopic (exact) mass is 633 g/mol. The van der Waals surface area contributed by atoms with Crippen LogP contribution in [0.25, 0.3) is 38.8 Å². The number of halogens is 2. The lowest BCUT2D eigenvalue weighted by atomic mass is 9.97. The summed E-state index contributed by atoms with van der Waals surface area (Å²) in [7, 11) is 2.35. The molecule has 1 unspecified atom stereocenters. The van der Waals surface area contributed by atoms with Crippen molar-refractivity contribution in [2.45, 2.75) is 6.23 Å². The van der Waals surface area contributed by atoms with E-state index in [0.717, 1.165) is 10.6 Å². The second-order valence-corrected chi connectivity index (χ2v) is 12.8. The van der Waals surface area contributed by atoms with Gasteiger partial charge in [-0.2, -0.15) is 5.10 Å². The lowest BCUT2D eigenvalue weighted by molar-refractivity contribution is 0.0719. The molecule has 0 saturated carbocycles. The summed E-state index contributed by atoms with van der Waals surface area (Å²) in [5.41, 5.74) is 3.10. The van der Waals surface area contributed by atoms with Gasteiger partial charge in [0.1, 0.15) is 23.0 Å². The average Bonchev–Trinajstić information content (AvgIpc) is 3.55. The van der Waals surface area contributed by atoms with E-state index in [4.69, 9.17) is 4.42 Å². The minimum atomic E-state index is -3.80. The number of nitrogens with zero attached hydrogens (tertiary/aromatic N) is 4. The van der Waals surface area contributed by atoms with Crippen LogP contribution in [0.2, 0.25) is 0 Å². The number of fused-ring (bicyclic) bond motifs is 2. The van der Waals surface area contributed by atoms with E-state index in [9.17, 15) is 27.1 Å². The van der Waals surface area contributed by atoms with Gasteiger partial charge in [0.2, 0.25) is 10.0 Å². The molecule has 0 saturated heterocycles. The van der Waals surface area contributed by atoms with Gasteiger partial charge in [0.25, 0.3) is 5.91 Å². The molecule has 3 aromatic carbocycles.